The number of aryl methyl sites for hydroxylation is 1. The van der Waals surface area contributed by atoms with E-state index in [2.05, 4.69) is 40.2 Å². The minimum absolute atomic E-state index is 0.442. The molecule has 0 spiro atoms. The Labute approximate surface area is 170 Å². The molecule has 0 aliphatic rings. The lowest BCUT2D eigenvalue weighted by molar-refractivity contribution is -0.164. The Bertz CT molecular complexity index is 852. The minimum Gasteiger partial charge on any atom is -0.467 e. The molecule has 0 heterocycles. The fourth-order valence-corrected chi connectivity index (χ4v) is 3.61. The van der Waals surface area contributed by atoms with E-state index >= 15 is 0 Å². The van der Waals surface area contributed by atoms with Gasteiger partial charge < -0.3 is 15.2 Å². The molecule has 1 unspecified atom stereocenters. The molecule has 0 aliphatic carbocycles. The van der Waals surface area contributed by atoms with E-state index in [1.165, 1.54) is 12.7 Å². The summed E-state index contributed by atoms with van der Waals surface area (Å²) >= 11 is 3.61. The van der Waals surface area contributed by atoms with E-state index in [-0.39, 0.29) is 0 Å². The predicted molar refractivity (Wildman–Crippen MR) is 114 cm³/mol. The van der Waals surface area contributed by atoms with Gasteiger partial charge in [0.1, 0.15) is 0 Å². The molecular weight excluding hydrogens is 406 g/mol. The van der Waals surface area contributed by atoms with Crippen LogP contribution in [0, 0.1) is 20.8 Å². The largest absolute Gasteiger partial charge is 0.467 e. The van der Waals surface area contributed by atoms with Crippen LogP contribution < -0.4 is 5.73 Å². The zero-order valence-electron chi connectivity index (χ0n) is 17.1. The first-order valence-electron chi connectivity index (χ1n) is 8.88. The van der Waals surface area contributed by atoms with Crippen LogP contribution in [-0.2, 0) is 14.3 Å². The van der Waals surface area contributed by atoms with Crippen LogP contribution in [0.4, 0.5) is 5.69 Å². The number of methoxy groups -OCH3 is 1. The average Bonchev–Trinajstić information content (AvgIpc) is 2.60. The van der Waals surface area contributed by atoms with E-state index < -0.39 is 17.7 Å². The zero-order valence-corrected chi connectivity index (χ0v) is 18.7. The van der Waals surface area contributed by atoms with Crippen molar-refractivity contribution in [3.63, 3.8) is 0 Å². The molecule has 0 aromatic heterocycles. The maximum Gasteiger partial charge on any atom is 0.339 e. The topological polar surface area (TPSA) is 61.5 Å². The number of nitrogens with two attached hydrogens (primary N) is 1. The second-order valence-electron chi connectivity index (χ2n) is 7.77. The van der Waals surface area contributed by atoms with Gasteiger partial charge in [0.15, 0.2) is 6.10 Å². The Morgan fingerprint density at radius 1 is 1.07 bits per heavy atom. The molecule has 0 radical (unpaired) electrons. The van der Waals surface area contributed by atoms with Crippen molar-refractivity contribution in [1.82, 2.24) is 0 Å². The summed E-state index contributed by atoms with van der Waals surface area (Å²) in [5.74, 6) is -0.442. The van der Waals surface area contributed by atoms with E-state index in [1.807, 2.05) is 41.5 Å². The van der Waals surface area contributed by atoms with E-state index in [4.69, 9.17) is 15.2 Å². The van der Waals surface area contributed by atoms with Crippen LogP contribution in [-0.4, -0.2) is 18.7 Å². The molecule has 0 amide bonds. The molecule has 2 aromatic rings. The average molecular weight is 434 g/mol. The summed E-state index contributed by atoms with van der Waals surface area (Å²) in [6.07, 6.45) is -0.875. The van der Waals surface area contributed by atoms with Crippen LogP contribution >= 0.6 is 15.9 Å². The van der Waals surface area contributed by atoms with Crippen LogP contribution in [0.3, 0.4) is 0 Å². The number of benzene rings is 2. The molecule has 0 aliphatic heterocycles. The van der Waals surface area contributed by atoms with Crippen LogP contribution in [0.1, 0.15) is 49.1 Å². The molecule has 2 aromatic carbocycles. The van der Waals surface area contributed by atoms with E-state index in [0.29, 0.717) is 5.69 Å². The van der Waals surface area contributed by atoms with Gasteiger partial charge in [0, 0.05) is 15.7 Å². The second kappa shape index (κ2) is 8.03. The Kier molecular flexibility index (Phi) is 6.38. The van der Waals surface area contributed by atoms with E-state index in [0.717, 1.165) is 32.3 Å². The number of rotatable bonds is 4. The number of halogens is 1. The highest BCUT2D eigenvalue weighted by Crippen LogP contribution is 2.44. The standard InChI is InChI=1S/C22H28BrNO3/c1-12-8-10-15(11-9-12)16-13(2)18(23)19(24)14(3)17(16)20(21(25)26-7)27-22(4,5)6/h8-11,20H,24H2,1-7H3. The first kappa shape index (κ1) is 21.5. The molecule has 0 bridgehead atoms. The lowest BCUT2D eigenvalue weighted by Gasteiger charge is -2.30. The quantitative estimate of drug-likeness (QED) is 0.499. The predicted octanol–water partition coefficient (Wildman–Crippen LogP) is 5.65. The monoisotopic (exact) mass is 433 g/mol. The summed E-state index contributed by atoms with van der Waals surface area (Å²) in [7, 11) is 1.37. The van der Waals surface area contributed by atoms with Crippen molar-refractivity contribution in [2.24, 2.45) is 0 Å². The summed E-state index contributed by atoms with van der Waals surface area (Å²) in [5, 5.41) is 0. The second-order valence-corrected chi connectivity index (χ2v) is 8.56. The number of anilines is 1. The molecule has 2 rings (SSSR count). The van der Waals surface area contributed by atoms with Crippen LogP contribution in [0.2, 0.25) is 0 Å². The normalized spacial score (nSPS) is 12.7. The van der Waals surface area contributed by atoms with Crippen LogP contribution in [0.5, 0.6) is 0 Å². The molecule has 0 saturated heterocycles. The SMILES string of the molecule is COC(=O)C(OC(C)(C)C)c1c(C)c(N)c(Br)c(C)c1-c1ccc(C)cc1. The minimum atomic E-state index is -0.875. The first-order chi connectivity index (χ1) is 12.5. The highest BCUT2D eigenvalue weighted by Gasteiger charge is 2.33. The number of carbonyl (C=O) groups excluding carboxylic acids is 1. The smallest absolute Gasteiger partial charge is 0.339 e. The Morgan fingerprint density at radius 2 is 1.63 bits per heavy atom. The summed E-state index contributed by atoms with van der Waals surface area (Å²) in [6, 6.07) is 8.20. The molecule has 0 fully saturated rings. The van der Waals surface area contributed by atoms with Gasteiger partial charge in [0.2, 0.25) is 0 Å². The van der Waals surface area contributed by atoms with Crippen molar-refractivity contribution >= 4 is 27.6 Å². The van der Waals surface area contributed by atoms with Crippen molar-refractivity contribution in [2.45, 2.75) is 53.2 Å². The molecule has 1 atom stereocenters. The summed E-state index contributed by atoms with van der Waals surface area (Å²) in [6.45, 7) is 11.7. The molecular formula is C22H28BrNO3. The third-order valence-corrected chi connectivity index (χ3v) is 5.53. The lowest BCUT2D eigenvalue weighted by atomic mass is 9.87. The summed E-state index contributed by atoms with van der Waals surface area (Å²) < 4.78 is 12.1. The molecule has 2 N–H and O–H groups in total. The van der Waals surface area contributed by atoms with Gasteiger partial charge >= 0.3 is 5.97 Å². The third kappa shape index (κ3) is 4.53. The molecule has 0 saturated carbocycles. The highest BCUT2D eigenvalue weighted by atomic mass is 79.9. The molecule has 27 heavy (non-hydrogen) atoms. The van der Waals surface area contributed by atoms with Gasteiger partial charge in [-0.1, -0.05) is 29.8 Å². The van der Waals surface area contributed by atoms with Crippen LogP contribution in [0.15, 0.2) is 28.7 Å². The summed E-state index contributed by atoms with van der Waals surface area (Å²) in [5.41, 5.74) is 12.0. The fraction of sp³-hybridized carbons (Fsp3) is 0.409. The number of ether oxygens (including phenoxy) is 2. The number of esters is 1. The Hall–Kier alpha value is -1.85. The highest BCUT2D eigenvalue weighted by molar-refractivity contribution is 9.10. The number of hydrogen-bond donors (Lipinski definition) is 1. The Morgan fingerprint density at radius 3 is 2.11 bits per heavy atom. The van der Waals surface area contributed by atoms with Crippen molar-refractivity contribution in [3.8, 4) is 11.1 Å². The Balaban J connectivity index is 2.86. The van der Waals surface area contributed by atoms with Gasteiger partial charge in [-0.15, -0.1) is 0 Å². The molecule has 5 heteroatoms. The third-order valence-electron chi connectivity index (χ3n) is 4.51. The van der Waals surface area contributed by atoms with Gasteiger partial charge in [0.25, 0.3) is 0 Å². The maximum absolute atomic E-state index is 12.7. The molecule has 146 valence electrons. The van der Waals surface area contributed by atoms with Gasteiger partial charge in [0.05, 0.1) is 12.7 Å². The van der Waals surface area contributed by atoms with Crippen molar-refractivity contribution in [2.75, 3.05) is 12.8 Å². The first-order valence-corrected chi connectivity index (χ1v) is 9.68. The van der Waals surface area contributed by atoms with Gasteiger partial charge in [-0.25, -0.2) is 4.79 Å². The van der Waals surface area contributed by atoms with E-state index in [1.54, 1.807) is 0 Å². The lowest BCUT2D eigenvalue weighted by Crippen LogP contribution is -2.29. The van der Waals surface area contributed by atoms with Gasteiger partial charge in [-0.3, -0.25) is 0 Å². The van der Waals surface area contributed by atoms with Crippen molar-refractivity contribution < 1.29 is 14.3 Å². The number of nitrogen functional groups attached to an aromatic ring is 1. The molecule has 4 nitrogen and oxygen atoms in total. The number of carbonyl (C=O) groups is 1. The maximum atomic E-state index is 12.7. The fourth-order valence-electron chi connectivity index (χ4n) is 3.12. The van der Waals surface area contributed by atoms with Crippen molar-refractivity contribution in [3.05, 3.63) is 51.0 Å². The number of hydrogen-bond acceptors (Lipinski definition) is 4. The summed E-state index contributed by atoms with van der Waals surface area (Å²) in [4.78, 5) is 12.7. The van der Waals surface area contributed by atoms with Crippen LogP contribution in [0.25, 0.3) is 11.1 Å². The van der Waals surface area contributed by atoms with Gasteiger partial charge in [-0.2, -0.15) is 0 Å². The van der Waals surface area contributed by atoms with Gasteiger partial charge in [-0.05, 0) is 79.7 Å². The zero-order chi connectivity index (χ0) is 20.5. The van der Waals surface area contributed by atoms with Crippen molar-refractivity contribution in [1.29, 1.82) is 0 Å². The van der Waals surface area contributed by atoms with E-state index in [9.17, 15) is 4.79 Å².